The third kappa shape index (κ3) is 3.93. The normalized spacial score (nSPS) is 17.0. The third-order valence-electron chi connectivity index (χ3n) is 5.79. The fourth-order valence-corrected chi connectivity index (χ4v) is 4.16. The van der Waals surface area contributed by atoms with E-state index in [2.05, 4.69) is 24.9 Å². The van der Waals surface area contributed by atoms with E-state index in [0.29, 0.717) is 45.1 Å². The molecule has 10 heteroatoms. The van der Waals surface area contributed by atoms with E-state index >= 15 is 0 Å². The van der Waals surface area contributed by atoms with E-state index in [1.807, 2.05) is 23.2 Å². The lowest BCUT2D eigenvalue weighted by molar-refractivity contribution is -0.136. The van der Waals surface area contributed by atoms with Crippen molar-refractivity contribution in [3.8, 4) is 5.82 Å². The summed E-state index contributed by atoms with van der Waals surface area (Å²) >= 11 is 5.90. The number of benzene rings is 1. The van der Waals surface area contributed by atoms with Crippen LogP contribution in [-0.4, -0.2) is 69.8 Å². The van der Waals surface area contributed by atoms with E-state index in [4.69, 9.17) is 11.6 Å². The van der Waals surface area contributed by atoms with Gasteiger partial charge in [0, 0.05) is 63.4 Å². The number of hydrogen-bond donors (Lipinski definition) is 0. The molecule has 31 heavy (non-hydrogen) atoms. The molecule has 5 rings (SSSR count). The Morgan fingerprint density at radius 3 is 2.52 bits per heavy atom. The molecule has 4 heterocycles. The Bertz CT molecular complexity index is 1080. The van der Waals surface area contributed by atoms with Crippen LogP contribution in [0.4, 0.5) is 15.9 Å². The minimum absolute atomic E-state index is 0.0325. The maximum Gasteiger partial charge on any atom is 0.229 e. The second-order valence-electron chi connectivity index (χ2n) is 7.70. The molecule has 0 atom stereocenters. The highest BCUT2D eigenvalue weighted by molar-refractivity contribution is 6.31. The van der Waals surface area contributed by atoms with Crippen LogP contribution in [0, 0.1) is 11.7 Å². The standard InChI is InChI=1S/C21H21ClFN7O/c22-17-10-16(2-3-18(17)23)27-6-8-28(9-7-27)21(31)15-12-29(13-15)19-11-20(25-14-24-19)30-5-1-4-26-30/h1-5,10-11,14-15H,6-9,12-13H2. The number of anilines is 2. The lowest BCUT2D eigenvalue weighted by Crippen LogP contribution is -2.58. The molecule has 0 aliphatic carbocycles. The highest BCUT2D eigenvalue weighted by Crippen LogP contribution is 2.27. The molecule has 3 aromatic rings. The smallest absolute Gasteiger partial charge is 0.229 e. The SMILES string of the molecule is O=C(C1CN(c2cc(-n3cccn3)ncn2)C1)N1CCN(c2ccc(F)c(Cl)c2)CC1. The van der Waals surface area contributed by atoms with Crippen molar-refractivity contribution in [1.29, 1.82) is 0 Å². The van der Waals surface area contributed by atoms with Crippen LogP contribution in [0.25, 0.3) is 5.82 Å². The first kappa shape index (κ1) is 19.7. The van der Waals surface area contributed by atoms with Crippen molar-refractivity contribution in [1.82, 2.24) is 24.6 Å². The van der Waals surface area contributed by atoms with Gasteiger partial charge in [0.15, 0.2) is 5.82 Å². The minimum Gasteiger partial charge on any atom is -0.368 e. The molecule has 2 fully saturated rings. The monoisotopic (exact) mass is 441 g/mol. The van der Waals surface area contributed by atoms with Gasteiger partial charge in [-0.15, -0.1) is 0 Å². The number of nitrogens with zero attached hydrogens (tertiary/aromatic N) is 7. The molecule has 2 saturated heterocycles. The molecule has 1 aromatic carbocycles. The zero-order valence-corrected chi connectivity index (χ0v) is 17.5. The van der Waals surface area contributed by atoms with Crippen molar-refractivity contribution in [2.45, 2.75) is 0 Å². The minimum atomic E-state index is -0.422. The van der Waals surface area contributed by atoms with Crippen LogP contribution in [0.1, 0.15) is 0 Å². The molecule has 0 saturated carbocycles. The quantitative estimate of drug-likeness (QED) is 0.618. The van der Waals surface area contributed by atoms with Crippen LogP contribution in [0.5, 0.6) is 0 Å². The first-order valence-electron chi connectivity index (χ1n) is 10.1. The largest absolute Gasteiger partial charge is 0.368 e. The van der Waals surface area contributed by atoms with E-state index in [1.54, 1.807) is 23.0 Å². The molecule has 8 nitrogen and oxygen atoms in total. The third-order valence-corrected chi connectivity index (χ3v) is 6.08. The predicted molar refractivity (Wildman–Crippen MR) is 115 cm³/mol. The van der Waals surface area contributed by atoms with Gasteiger partial charge in [0.05, 0.1) is 10.9 Å². The van der Waals surface area contributed by atoms with Crippen LogP contribution in [-0.2, 0) is 4.79 Å². The Morgan fingerprint density at radius 1 is 1.03 bits per heavy atom. The first-order chi connectivity index (χ1) is 15.1. The zero-order valence-electron chi connectivity index (χ0n) is 16.7. The highest BCUT2D eigenvalue weighted by atomic mass is 35.5. The highest BCUT2D eigenvalue weighted by Gasteiger charge is 2.37. The number of amides is 1. The van der Waals surface area contributed by atoms with Crippen LogP contribution < -0.4 is 9.80 Å². The molecular formula is C21H21ClFN7O. The number of rotatable bonds is 4. The topological polar surface area (TPSA) is 70.4 Å². The number of hydrogen-bond acceptors (Lipinski definition) is 6. The van der Waals surface area contributed by atoms with Crippen molar-refractivity contribution >= 4 is 29.0 Å². The van der Waals surface area contributed by atoms with Gasteiger partial charge in [0.25, 0.3) is 0 Å². The van der Waals surface area contributed by atoms with Gasteiger partial charge >= 0.3 is 0 Å². The summed E-state index contributed by atoms with van der Waals surface area (Å²) in [4.78, 5) is 27.6. The molecular weight excluding hydrogens is 421 g/mol. The summed E-state index contributed by atoms with van der Waals surface area (Å²) in [6.45, 7) is 3.96. The molecule has 2 aliphatic heterocycles. The zero-order chi connectivity index (χ0) is 21.4. The maximum absolute atomic E-state index is 13.4. The molecule has 0 radical (unpaired) electrons. The van der Waals surface area contributed by atoms with Crippen LogP contribution >= 0.6 is 11.6 Å². The van der Waals surface area contributed by atoms with E-state index in [9.17, 15) is 9.18 Å². The summed E-state index contributed by atoms with van der Waals surface area (Å²) in [6, 6.07) is 8.45. The first-order valence-corrected chi connectivity index (χ1v) is 10.5. The average molecular weight is 442 g/mol. The maximum atomic E-state index is 13.4. The Kier molecular flexibility index (Phi) is 5.19. The van der Waals surface area contributed by atoms with Gasteiger partial charge in [0.2, 0.25) is 5.91 Å². The van der Waals surface area contributed by atoms with E-state index in [1.165, 1.54) is 12.4 Å². The second kappa shape index (κ2) is 8.14. The molecule has 2 aliphatic rings. The van der Waals surface area contributed by atoms with Crippen molar-refractivity contribution in [2.75, 3.05) is 49.1 Å². The number of aromatic nitrogens is 4. The number of halogens is 2. The van der Waals surface area contributed by atoms with Crippen molar-refractivity contribution in [3.05, 3.63) is 59.9 Å². The van der Waals surface area contributed by atoms with E-state index in [0.717, 1.165) is 11.5 Å². The Morgan fingerprint density at radius 2 is 1.81 bits per heavy atom. The fraction of sp³-hybridized carbons (Fsp3) is 0.333. The summed E-state index contributed by atoms with van der Waals surface area (Å²) in [5, 5.41) is 4.31. The Balaban J connectivity index is 1.15. The van der Waals surface area contributed by atoms with Gasteiger partial charge < -0.3 is 14.7 Å². The van der Waals surface area contributed by atoms with Crippen molar-refractivity contribution in [3.63, 3.8) is 0 Å². The summed E-state index contributed by atoms with van der Waals surface area (Å²) < 4.78 is 15.1. The number of carbonyl (C=O) groups excluding carboxylic acids is 1. The van der Waals surface area contributed by atoms with Crippen LogP contribution in [0.15, 0.2) is 49.1 Å². The van der Waals surface area contributed by atoms with Gasteiger partial charge in [0.1, 0.15) is 18.0 Å². The molecule has 0 N–H and O–H groups in total. The summed E-state index contributed by atoms with van der Waals surface area (Å²) in [5.41, 5.74) is 0.880. The van der Waals surface area contributed by atoms with Crippen LogP contribution in [0.3, 0.4) is 0 Å². The number of carbonyl (C=O) groups is 1. The Labute approximate surface area is 183 Å². The van der Waals surface area contributed by atoms with E-state index in [-0.39, 0.29) is 16.8 Å². The molecule has 0 bridgehead atoms. The van der Waals surface area contributed by atoms with Crippen molar-refractivity contribution < 1.29 is 9.18 Å². The van der Waals surface area contributed by atoms with Gasteiger partial charge in [-0.2, -0.15) is 5.10 Å². The molecule has 0 spiro atoms. The van der Waals surface area contributed by atoms with Crippen LogP contribution in [0.2, 0.25) is 5.02 Å². The lowest BCUT2D eigenvalue weighted by atomic mass is 9.98. The molecule has 0 unspecified atom stereocenters. The van der Waals surface area contributed by atoms with Gasteiger partial charge in [-0.3, -0.25) is 4.79 Å². The van der Waals surface area contributed by atoms with Crippen molar-refractivity contribution in [2.24, 2.45) is 5.92 Å². The summed E-state index contributed by atoms with van der Waals surface area (Å²) in [6.07, 6.45) is 5.04. The number of piperazine rings is 1. The van der Waals surface area contributed by atoms with Gasteiger partial charge in [-0.25, -0.2) is 19.0 Å². The second-order valence-corrected chi connectivity index (χ2v) is 8.10. The van der Waals surface area contributed by atoms with Gasteiger partial charge in [-0.1, -0.05) is 11.6 Å². The molecule has 1 amide bonds. The average Bonchev–Trinajstić information content (AvgIpc) is 3.30. The summed E-state index contributed by atoms with van der Waals surface area (Å²) in [7, 11) is 0. The predicted octanol–water partition coefficient (Wildman–Crippen LogP) is 2.24. The van der Waals surface area contributed by atoms with E-state index < -0.39 is 5.82 Å². The van der Waals surface area contributed by atoms with Gasteiger partial charge in [-0.05, 0) is 24.3 Å². The summed E-state index contributed by atoms with van der Waals surface area (Å²) in [5.74, 6) is 1.21. The fourth-order valence-electron chi connectivity index (χ4n) is 3.99. The molecule has 2 aromatic heterocycles. The molecule has 160 valence electrons. The lowest BCUT2D eigenvalue weighted by Gasteiger charge is -2.43. The Hall–Kier alpha value is -3.20.